The van der Waals surface area contributed by atoms with Crippen molar-refractivity contribution in [3.63, 3.8) is 0 Å². The van der Waals surface area contributed by atoms with Gasteiger partial charge >= 0.3 is 5.97 Å². The number of aromatic carboxylic acids is 1. The van der Waals surface area contributed by atoms with Gasteiger partial charge in [-0.1, -0.05) is 6.92 Å². The molecule has 12 heavy (non-hydrogen) atoms. The smallest absolute Gasteiger partial charge is 0.337 e. The maximum Gasteiger partial charge on any atom is 0.337 e. The van der Waals surface area contributed by atoms with Crippen molar-refractivity contribution in [3.8, 4) is 0 Å². The second kappa shape index (κ2) is 3.84. The lowest BCUT2D eigenvalue weighted by atomic mass is 10.1. The maximum absolute atomic E-state index is 10.7. The Morgan fingerprint density at radius 1 is 1.75 bits per heavy atom. The molecule has 1 N–H and O–H groups in total. The highest BCUT2D eigenvalue weighted by Gasteiger charge is 2.09. The van der Waals surface area contributed by atoms with Crippen LogP contribution in [0.2, 0.25) is 0 Å². The van der Waals surface area contributed by atoms with Gasteiger partial charge in [-0.15, -0.1) is 0 Å². The minimum atomic E-state index is -0.905. The van der Waals surface area contributed by atoms with Crippen LogP contribution in [0.3, 0.4) is 0 Å². The summed E-state index contributed by atoms with van der Waals surface area (Å²) in [6, 6.07) is 1.63. The number of rotatable bonds is 2. The quantitative estimate of drug-likeness (QED) is 0.840. The number of hydrogen-bond donors (Lipinski definition) is 1. The first-order chi connectivity index (χ1) is 5.65. The van der Waals surface area contributed by atoms with Gasteiger partial charge < -0.3 is 5.11 Å². The summed E-state index contributed by atoms with van der Waals surface area (Å²) in [5.41, 5.74) is 0.951. The Balaban J connectivity index is 3.21. The lowest BCUT2D eigenvalue weighted by Crippen LogP contribution is -2.04. The van der Waals surface area contributed by atoms with Gasteiger partial charge in [0, 0.05) is 9.77 Å². The number of pyridine rings is 1. The fourth-order valence-electron chi connectivity index (χ4n) is 0.934. The Hall–Kier alpha value is -0.650. The molecule has 0 amide bonds. The minimum Gasteiger partial charge on any atom is -0.478 e. The molecule has 0 atom stereocenters. The number of nitrogens with zero attached hydrogens (tertiary/aromatic N) is 1. The van der Waals surface area contributed by atoms with Crippen molar-refractivity contribution >= 4 is 28.6 Å². The van der Waals surface area contributed by atoms with Crippen LogP contribution in [0.1, 0.15) is 23.0 Å². The van der Waals surface area contributed by atoms with Gasteiger partial charge in [0.05, 0.1) is 11.3 Å². The Kier molecular flexibility index (Phi) is 3.02. The molecule has 0 spiro atoms. The van der Waals surface area contributed by atoms with Gasteiger partial charge in [0.2, 0.25) is 0 Å². The molecule has 0 aromatic carbocycles. The van der Waals surface area contributed by atoms with Crippen molar-refractivity contribution < 1.29 is 9.90 Å². The number of carbonyl (C=O) groups is 1. The third kappa shape index (κ3) is 1.94. The average Bonchev–Trinajstić information content (AvgIpc) is 2.04. The molecule has 0 bridgehead atoms. The summed E-state index contributed by atoms with van der Waals surface area (Å²) in [7, 11) is 0. The highest BCUT2D eigenvalue weighted by Crippen LogP contribution is 2.11. The predicted molar refractivity (Wildman–Crippen MR) is 53.3 cm³/mol. The average molecular weight is 277 g/mol. The van der Waals surface area contributed by atoms with E-state index in [1.54, 1.807) is 12.3 Å². The topological polar surface area (TPSA) is 50.2 Å². The molecule has 0 aliphatic heterocycles. The zero-order chi connectivity index (χ0) is 9.14. The molecule has 1 aromatic rings. The number of halogens is 1. The van der Waals surface area contributed by atoms with Crippen LogP contribution in [-0.4, -0.2) is 16.1 Å². The summed E-state index contributed by atoms with van der Waals surface area (Å²) >= 11 is 2.05. The molecule has 0 saturated carbocycles. The van der Waals surface area contributed by atoms with Gasteiger partial charge in [-0.25, -0.2) is 4.79 Å². The van der Waals surface area contributed by atoms with Crippen LogP contribution >= 0.6 is 22.6 Å². The second-order valence-corrected chi connectivity index (χ2v) is 3.55. The molecule has 1 rings (SSSR count). The SMILES string of the molecule is CCc1ncc(I)cc1C(=O)O. The molecule has 64 valence electrons. The Morgan fingerprint density at radius 2 is 2.42 bits per heavy atom. The van der Waals surface area contributed by atoms with Crippen LogP contribution in [0.4, 0.5) is 0 Å². The van der Waals surface area contributed by atoms with Crippen molar-refractivity contribution in [1.29, 1.82) is 0 Å². The van der Waals surface area contributed by atoms with Crippen molar-refractivity contribution in [3.05, 3.63) is 27.1 Å². The Morgan fingerprint density at radius 3 is 2.92 bits per heavy atom. The first kappa shape index (κ1) is 9.44. The molecular weight excluding hydrogens is 269 g/mol. The van der Waals surface area contributed by atoms with E-state index in [9.17, 15) is 4.79 Å². The predicted octanol–water partition coefficient (Wildman–Crippen LogP) is 1.95. The van der Waals surface area contributed by atoms with Crippen molar-refractivity contribution in [2.45, 2.75) is 13.3 Å². The second-order valence-electron chi connectivity index (χ2n) is 2.31. The van der Waals surface area contributed by atoms with E-state index in [0.29, 0.717) is 17.7 Å². The number of hydrogen-bond acceptors (Lipinski definition) is 2. The highest BCUT2D eigenvalue weighted by atomic mass is 127. The summed E-state index contributed by atoms with van der Waals surface area (Å²) in [4.78, 5) is 14.7. The van der Waals surface area contributed by atoms with E-state index in [0.717, 1.165) is 3.57 Å². The number of carboxylic acids is 1. The molecule has 3 nitrogen and oxygen atoms in total. The van der Waals surface area contributed by atoms with E-state index in [1.165, 1.54) is 0 Å². The third-order valence-electron chi connectivity index (χ3n) is 1.50. The van der Waals surface area contributed by atoms with E-state index in [-0.39, 0.29) is 0 Å². The maximum atomic E-state index is 10.7. The molecule has 0 fully saturated rings. The minimum absolute atomic E-state index is 0.310. The fourth-order valence-corrected chi connectivity index (χ4v) is 1.39. The molecule has 1 aromatic heterocycles. The molecule has 0 unspecified atom stereocenters. The monoisotopic (exact) mass is 277 g/mol. The third-order valence-corrected chi connectivity index (χ3v) is 2.09. The van der Waals surface area contributed by atoms with Gasteiger partial charge in [0.15, 0.2) is 0 Å². The van der Waals surface area contributed by atoms with Crippen LogP contribution in [0, 0.1) is 3.57 Å². The summed E-state index contributed by atoms with van der Waals surface area (Å²) < 4.78 is 0.849. The van der Waals surface area contributed by atoms with Crippen LogP contribution in [0.25, 0.3) is 0 Å². The van der Waals surface area contributed by atoms with Gasteiger partial charge in [-0.3, -0.25) is 4.98 Å². The van der Waals surface area contributed by atoms with Crippen molar-refractivity contribution in [2.24, 2.45) is 0 Å². The standard InChI is InChI=1S/C8H8INO2/c1-2-7-6(8(11)12)3-5(9)4-10-7/h3-4H,2H2,1H3,(H,11,12). The lowest BCUT2D eigenvalue weighted by molar-refractivity contribution is 0.0695. The van der Waals surface area contributed by atoms with Gasteiger partial charge in [0.25, 0.3) is 0 Å². The Labute approximate surface area is 84.0 Å². The van der Waals surface area contributed by atoms with Crippen molar-refractivity contribution in [2.75, 3.05) is 0 Å². The molecule has 4 heteroatoms. The van der Waals surface area contributed by atoms with Crippen LogP contribution in [0.5, 0.6) is 0 Å². The first-order valence-electron chi connectivity index (χ1n) is 3.53. The van der Waals surface area contributed by atoms with E-state index >= 15 is 0 Å². The Bertz CT molecular complexity index is 312. The number of aryl methyl sites for hydroxylation is 1. The van der Waals surface area contributed by atoms with Crippen LogP contribution < -0.4 is 0 Å². The highest BCUT2D eigenvalue weighted by molar-refractivity contribution is 14.1. The number of aromatic nitrogens is 1. The van der Waals surface area contributed by atoms with E-state index in [1.807, 2.05) is 29.5 Å². The number of carboxylic acid groups (broad SMARTS) is 1. The van der Waals surface area contributed by atoms with Gasteiger partial charge in [-0.05, 0) is 35.1 Å². The molecular formula is C8H8INO2. The summed E-state index contributed by atoms with van der Waals surface area (Å²) in [6.07, 6.45) is 2.32. The normalized spacial score (nSPS) is 9.83. The molecule has 0 aliphatic rings. The summed E-state index contributed by atoms with van der Waals surface area (Å²) in [5, 5.41) is 8.78. The molecule has 0 radical (unpaired) electrons. The fraction of sp³-hybridized carbons (Fsp3) is 0.250. The van der Waals surface area contributed by atoms with Gasteiger partial charge in [0.1, 0.15) is 0 Å². The summed E-state index contributed by atoms with van der Waals surface area (Å²) in [5.74, 6) is -0.905. The summed E-state index contributed by atoms with van der Waals surface area (Å²) in [6.45, 7) is 1.89. The lowest BCUT2D eigenvalue weighted by Gasteiger charge is -2.01. The first-order valence-corrected chi connectivity index (χ1v) is 4.60. The van der Waals surface area contributed by atoms with Gasteiger partial charge in [-0.2, -0.15) is 0 Å². The van der Waals surface area contributed by atoms with E-state index in [4.69, 9.17) is 5.11 Å². The van der Waals surface area contributed by atoms with E-state index in [2.05, 4.69) is 4.98 Å². The van der Waals surface area contributed by atoms with E-state index < -0.39 is 5.97 Å². The van der Waals surface area contributed by atoms with Crippen molar-refractivity contribution in [1.82, 2.24) is 4.98 Å². The largest absolute Gasteiger partial charge is 0.478 e. The molecule has 0 aliphatic carbocycles. The van der Waals surface area contributed by atoms with Crippen LogP contribution in [0.15, 0.2) is 12.3 Å². The molecule has 0 saturated heterocycles. The molecule has 1 heterocycles. The zero-order valence-corrected chi connectivity index (χ0v) is 8.70. The van der Waals surface area contributed by atoms with Crippen LogP contribution in [-0.2, 0) is 6.42 Å². The zero-order valence-electron chi connectivity index (χ0n) is 6.54.